The Balaban J connectivity index is 3.27. The van der Waals surface area contributed by atoms with Crippen LogP contribution in [0.2, 0.25) is 0 Å². The molecule has 1 aromatic carbocycles. The second-order valence-electron chi connectivity index (χ2n) is 2.59. The molecular weight excluding hydrogens is 164 g/mol. The van der Waals surface area contributed by atoms with Crippen molar-refractivity contribution in [1.82, 2.24) is 0 Å². The van der Waals surface area contributed by atoms with Crippen LogP contribution in [0.25, 0.3) is 0 Å². The largest absolute Gasteiger partial charge is 0.505 e. The first kappa shape index (κ1) is 8.93. The van der Waals surface area contributed by atoms with Gasteiger partial charge in [-0.1, -0.05) is 6.07 Å². The fourth-order valence-corrected chi connectivity index (χ4v) is 0.922. The third kappa shape index (κ3) is 1.38. The highest BCUT2D eigenvalue weighted by atomic mass is 19.2. The molecule has 0 saturated heterocycles. The Bertz CT molecular complexity index is 299. The van der Waals surface area contributed by atoms with Crippen molar-refractivity contribution in [2.45, 2.75) is 13.0 Å². The number of rotatable bonds is 1. The van der Waals surface area contributed by atoms with Gasteiger partial charge in [0, 0.05) is 11.6 Å². The molecule has 4 heteroatoms. The SMILES string of the molecule is C[C@@H](N)c1ccc(F)c(F)c1O. The van der Waals surface area contributed by atoms with Crippen LogP contribution in [0.15, 0.2) is 12.1 Å². The highest BCUT2D eigenvalue weighted by Crippen LogP contribution is 2.26. The maximum atomic E-state index is 12.7. The minimum absolute atomic E-state index is 0.203. The zero-order valence-electron chi connectivity index (χ0n) is 6.51. The molecule has 1 rings (SSSR count). The Morgan fingerprint density at radius 1 is 1.42 bits per heavy atom. The van der Waals surface area contributed by atoms with Crippen LogP contribution in [0, 0.1) is 11.6 Å². The topological polar surface area (TPSA) is 46.2 Å². The third-order valence-electron chi connectivity index (χ3n) is 1.59. The molecule has 0 saturated carbocycles. The molecule has 0 aliphatic rings. The Labute approximate surface area is 68.6 Å². The van der Waals surface area contributed by atoms with E-state index in [0.29, 0.717) is 0 Å². The summed E-state index contributed by atoms with van der Waals surface area (Å²) in [6.07, 6.45) is 0. The summed E-state index contributed by atoms with van der Waals surface area (Å²) in [6.45, 7) is 1.58. The van der Waals surface area contributed by atoms with Crippen LogP contribution in [-0.2, 0) is 0 Å². The van der Waals surface area contributed by atoms with Crippen molar-refractivity contribution in [3.05, 3.63) is 29.3 Å². The lowest BCUT2D eigenvalue weighted by atomic mass is 10.1. The smallest absolute Gasteiger partial charge is 0.200 e. The van der Waals surface area contributed by atoms with Crippen molar-refractivity contribution in [1.29, 1.82) is 0 Å². The molecule has 0 heterocycles. The van der Waals surface area contributed by atoms with Crippen molar-refractivity contribution >= 4 is 0 Å². The summed E-state index contributed by atoms with van der Waals surface area (Å²) < 4.78 is 25.1. The molecule has 12 heavy (non-hydrogen) atoms. The zero-order chi connectivity index (χ0) is 9.30. The summed E-state index contributed by atoms with van der Waals surface area (Å²) in [5.41, 5.74) is 5.59. The first-order valence-corrected chi connectivity index (χ1v) is 3.46. The molecular formula is C8H9F2NO. The summed E-state index contributed by atoms with van der Waals surface area (Å²) >= 11 is 0. The number of phenolic OH excluding ortho intramolecular Hbond substituents is 1. The molecule has 3 N–H and O–H groups in total. The lowest BCUT2D eigenvalue weighted by Gasteiger charge is -2.08. The number of hydrogen-bond acceptors (Lipinski definition) is 2. The third-order valence-corrected chi connectivity index (χ3v) is 1.59. The first-order valence-electron chi connectivity index (χ1n) is 3.46. The number of phenols is 1. The molecule has 0 spiro atoms. The fraction of sp³-hybridized carbons (Fsp3) is 0.250. The van der Waals surface area contributed by atoms with Gasteiger partial charge in [-0.3, -0.25) is 0 Å². The molecule has 0 radical (unpaired) electrons. The van der Waals surface area contributed by atoms with Crippen molar-refractivity contribution in [2.24, 2.45) is 5.73 Å². The van der Waals surface area contributed by atoms with Crippen molar-refractivity contribution < 1.29 is 13.9 Å². The maximum absolute atomic E-state index is 12.7. The summed E-state index contributed by atoms with van der Waals surface area (Å²) in [6, 6.07) is 1.69. The van der Waals surface area contributed by atoms with Crippen LogP contribution in [0.3, 0.4) is 0 Å². The van der Waals surface area contributed by atoms with Gasteiger partial charge in [0.15, 0.2) is 11.6 Å². The molecule has 1 aromatic rings. The van der Waals surface area contributed by atoms with E-state index in [1.807, 2.05) is 0 Å². The van der Waals surface area contributed by atoms with E-state index in [0.717, 1.165) is 6.07 Å². The van der Waals surface area contributed by atoms with E-state index < -0.39 is 23.4 Å². The zero-order valence-corrected chi connectivity index (χ0v) is 6.51. The molecule has 0 amide bonds. The number of halogens is 2. The van der Waals surface area contributed by atoms with E-state index >= 15 is 0 Å². The highest BCUT2D eigenvalue weighted by Gasteiger charge is 2.14. The molecule has 0 fully saturated rings. The minimum atomic E-state index is -1.25. The van der Waals surface area contributed by atoms with Gasteiger partial charge < -0.3 is 10.8 Å². The first-order chi connectivity index (χ1) is 5.54. The Morgan fingerprint density at radius 3 is 2.50 bits per heavy atom. The van der Waals surface area contributed by atoms with E-state index in [4.69, 9.17) is 10.8 Å². The molecule has 2 nitrogen and oxygen atoms in total. The summed E-state index contributed by atoms with van der Waals surface area (Å²) in [5.74, 6) is -3.02. The lowest BCUT2D eigenvalue weighted by molar-refractivity contribution is 0.398. The second-order valence-corrected chi connectivity index (χ2v) is 2.59. The molecule has 66 valence electrons. The van der Waals surface area contributed by atoms with Gasteiger partial charge in [0.05, 0.1) is 0 Å². The molecule has 1 atom stereocenters. The Morgan fingerprint density at radius 2 is 2.00 bits per heavy atom. The van der Waals surface area contributed by atoms with E-state index in [1.165, 1.54) is 6.07 Å². The predicted molar refractivity (Wildman–Crippen MR) is 40.6 cm³/mol. The van der Waals surface area contributed by atoms with Gasteiger partial charge in [0.1, 0.15) is 0 Å². The predicted octanol–water partition coefficient (Wildman–Crippen LogP) is 1.69. The normalized spacial score (nSPS) is 13.0. The van der Waals surface area contributed by atoms with Gasteiger partial charge in [-0.25, -0.2) is 4.39 Å². The van der Waals surface area contributed by atoms with Crippen LogP contribution in [-0.4, -0.2) is 5.11 Å². The summed E-state index contributed by atoms with van der Waals surface area (Å²) in [7, 11) is 0. The van der Waals surface area contributed by atoms with Crippen LogP contribution in [0.1, 0.15) is 18.5 Å². The quantitative estimate of drug-likeness (QED) is 0.678. The Kier molecular flexibility index (Phi) is 2.28. The van der Waals surface area contributed by atoms with E-state index in [-0.39, 0.29) is 5.56 Å². The second kappa shape index (κ2) is 3.06. The van der Waals surface area contributed by atoms with Crippen molar-refractivity contribution in [3.63, 3.8) is 0 Å². The van der Waals surface area contributed by atoms with Crippen LogP contribution in [0.4, 0.5) is 8.78 Å². The average Bonchev–Trinajstić information content (AvgIpc) is 2.00. The standard InChI is InChI=1S/C8H9F2NO/c1-4(11)5-2-3-6(9)7(10)8(5)12/h2-4,12H,11H2,1H3/t4-/m1/s1. The summed E-state index contributed by atoms with van der Waals surface area (Å²) in [5, 5.41) is 9.05. The summed E-state index contributed by atoms with van der Waals surface area (Å²) in [4.78, 5) is 0. The van der Waals surface area contributed by atoms with Gasteiger partial charge in [-0.2, -0.15) is 4.39 Å². The maximum Gasteiger partial charge on any atom is 0.200 e. The van der Waals surface area contributed by atoms with Crippen LogP contribution < -0.4 is 5.73 Å². The number of hydrogen-bond donors (Lipinski definition) is 2. The van der Waals surface area contributed by atoms with Crippen LogP contribution >= 0.6 is 0 Å². The van der Waals surface area contributed by atoms with Gasteiger partial charge in [0.2, 0.25) is 5.82 Å². The van der Waals surface area contributed by atoms with E-state index in [9.17, 15) is 8.78 Å². The average molecular weight is 173 g/mol. The van der Waals surface area contributed by atoms with Gasteiger partial charge in [-0.05, 0) is 13.0 Å². The van der Waals surface area contributed by atoms with Crippen molar-refractivity contribution in [2.75, 3.05) is 0 Å². The molecule has 0 aromatic heterocycles. The fourth-order valence-electron chi connectivity index (χ4n) is 0.922. The van der Waals surface area contributed by atoms with Gasteiger partial charge >= 0.3 is 0 Å². The minimum Gasteiger partial charge on any atom is -0.505 e. The van der Waals surface area contributed by atoms with Gasteiger partial charge in [0.25, 0.3) is 0 Å². The molecule has 0 bridgehead atoms. The van der Waals surface area contributed by atoms with Crippen LogP contribution in [0.5, 0.6) is 5.75 Å². The Hall–Kier alpha value is -1.16. The number of aromatic hydroxyl groups is 1. The molecule has 0 unspecified atom stereocenters. The highest BCUT2D eigenvalue weighted by molar-refractivity contribution is 5.36. The van der Waals surface area contributed by atoms with E-state index in [1.54, 1.807) is 6.92 Å². The number of nitrogens with two attached hydrogens (primary N) is 1. The van der Waals surface area contributed by atoms with Gasteiger partial charge in [-0.15, -0.1) is 0 Å². The van der Waals surface area contributed by atoms with E-state index in [2.05, 4.69) is 0 Å². The lowest BCUT2D eigenvalue weighted by Crippen LogP contribution is -2.06. The number of benzene rings is 1. The molecule has 0 aliphatic heterocycles. The monoisotopic (exact) mass is 173 g/mol. The van der Waals surface area contributed by atoms with Crippen molar-refractivity contribution in [3.8, 4) is 5.75 Å². The molecule has 0 aliphatic carbocycles.